The summed E-state index contributed by atoms with van der Waals surface area (Å²) < 4.78 is 10.9. The number of nitrogens with one attached hydrogen (secondary N) is 1. The van der Waals surface area contributed by atoms with Crippen molar-refractivity contribution in [2.45, 2.75) is 17.7 Å². The molecule has 0 spiro atoms. The van der Waals surface area contributed by atoms with Crippen LogP contribution >= 0.6 is 11.8 Å². The second kappa shape index (κ2) is 5.33. The van der Waals surface area contributed by atoms with E-state index in [1.807, 2.05) is 6.26 Å². The molecule has 16 heavy (non-hydrogen) atoms. The molecule has 2 heterocycles. The highest BCUT2D eigenvalue weighted by atomic mass is 32.2. The summed E-state index contributed by atoms with van der Waals surface area (Å²) in [5, 5.41) is 0.629. The Morgan fingerprint density at radius 1 is 1.62 bits per heavy atom. The van der Waals surface area contributed by atoms with Gasteiger partial charge in [-0.3, -0.25) is 0 Å². The van der Waals surface area contributed by atoms with Gasteiger partial charge < -0.3 is 14.9 Å². The van der Waals surface area contributed by atoms with Gasteiger partial charge in [0.2, 0.25) is 5.88 Å². The number of hydrazine groups is 1. The van der Waals surface area contributed by atoms with Crippen molar-refractivity contribution in [1.29, 1.82) is 0 Å². The van der Waals surface area contributed by atoms with E-state index in [-0.39, 0.29) is 6.10 Å². The quantitative estimate of drug-likeness (QED) is 0.347. The van der Waals surface area contributed by atoms with Crippen molar-refractivity contribution < 1.29 is 9.47 Å². The number of anilines is 1. The van der Waals surface area contributed by atoms with Crippen LogP contribution in [0.4, 0.5) is 5.82 Å². The monoisotopic (exact) mass is 242 g/mol. The lowest BCUT2D eigenvalue weighted by atomic mass is 10.3. The number of rotatable bonds is 4. The molecular formula is C9H14N4O2S. The second-order valence-corrected chi connectivity index (χ2v) is 4.10. The fourth-order valence-electron chi connectivity index (χ4n) is 1.41. The van der Waals surface area contributed by atoms with Gasteiger partial charge >= 0.3 is 0 Å². The number of nitrogens with two attached hydrogens (primary N) is 1. The molecule has 2 rings (SSSR count). The maximum absolute atomic E-state index is 5.68. The average Bonchev–Trinajstić information content (AvgIpc) is 2.81. The molecule has 7 heteroatoms. The smallest absolute Gasteiger partial charge is 0.219 e. The number of hydrogen-bond acceptors (Lipinski definition) is 7. The summed E-state index contributed by atoms with van der Waals surface area (Å²) in [5.74, 6) is 6.40. The van der Waals surface area contributed by atoms with E-state index in [1.165, 1.54) is 11.8 Å². The Hall–Kier alpha value is -1.05. The van der Waals surface area contributed by atoms with Gasteiger partial charge in [0.1, 0.15) is 11.9 Å². The summed E-state index contributed by atoms with van der Waals surface area (Å²) in [6, 6.07) is 1.68. The summed E-state index contributed by atoms with van der Waals surface area (Å²) in [6.07, 6.45) is 2.87. The first kappa shape index (κ1) is 11.4. The van der Waals surface area contributed by atoms with Gasteiger partial charge in [-0.15, -0.1) is 0 Å². The number of aromatic nitrogens is 2. The van der Waals surface area contributed by atoms with E-state index < -0.39 is 0 Å². The van der Waals surface area contributed by atoms with Gasteiger partial charge in [0, 0.05) is 12.5 Å². The van der Waals surface area contributed by atoms with Crippen LogP contribution in [-0.4, -0.2) is 35.5 Å². The standard InChI is InChI=1S/C9H14N4O2S/c1-16-9-11-7(13-10)4-8(12-9)15-6-2-3-14-5-6/h4,6H,2-3,5,10H2,1H3,(H,11,12,13). The third-order valence-corrected chi connectivity index (χ3v) is 2.74. The van der Waals surface area contributed by atoms with Crippen LogP contribution in [0.3, 0.4) is 0 Å². The van der Waals surface area contributed by atoms with Crippen LogP contribution in [0.25, 0.3) is 0 Å². The van der Waals surface area contributed by atoms with Gasteiger partial charge in [0.15, 0.2) is 5.16 Å². The number of ether oxygens (including phenoxy) is 2. The van der Waals surface area contributed by atoms with Crippen LogP contribution in [0.2, 0.25) is 0 Å². The third-order valence-electron chi connectivity index (χ3n) is 2.19. The topological polar surface area (TPSA) is 82.3 Å². The fourth-order valence-corrected chi connectivity index (χ4v) is 1.78. The number of hydrogen-bond donors (Lipinski definition) is 2. The van der Waals surface area contributed by atoms with E-state index in [0.717, 1.165) is 13.0 Å². The average molecular weight is 242 g/mol. The van der Waals surface area contributed by atoms with Gasteiger partial charge in [-0.25, -0.2) is 10.8 Å². The number of thioether (sulfide) groups is 1. The lowest BCUT2D eigenvalue weighted by Crippen LogP contribution is -2.17. The molecule has 1 aliphatic heterocycles. The Bertz CT molecular complexity index is 335. The zero-order valence-corrected chi connectivity index (χ0v) is 9.79. The maximum Gasteiger partial charge on any atom is 0.219 e. The number of nitrogen functional groups attached to an aromatic ring is 1. The molecule has 1 aromatic heterocycles. The van der Waals surface area contributed by atoms with Crippen molar-refractivity contribution in [3.05, 3.63) is 6.07 Å². The van der Waals surface area contributed by atoms with Gasteiger partial charge in [-0.1, -0.05) is 11.8 Å². The van der Waals surface area contributed by atoms with Crippen molar-refractivity contribution in [2.24, 2.45) is 5.84 Å². The van der Waals surface area contributed by atoms with E-state index in [1.54, 1.807) is 6.07 Å². The molecule has 0 aliphatic carbocycles. The van der Waals surface area contributed by atoms with Crippen LogP contribution in [0, 0.1) is 0 Å². The number of nitrogens with zero attached hydrogens (tertiary/aromatic N) is 2. The Balaban J connectivity index is 2.12. The van der Waals surface area contributed by atoms with E-state index in [4.69, 9.17) is 15.3 Å². The molecular weight excluding hydrogens is 228 g/mol. The molecule has 0 amide bonds. The Morgan fingerprint density at radius 3 is 3.12 bits per heavy atom. The zero-order chi connectivity index (χ0) is 11.4. The molecule has 0 radical (unpaired) electrons. The zero-order valence-electron chi connectivity index (χ0n) is 8.97. The van der Waals surface area contributed by atoms with Crippen molar-refractivity contribution in [3.8, 4) is 5.88 Å². The summed E-state index contributed by atoms with van der Waals surface area (Å²) in [7, 11) is 0. The molecule has 0 bridgehead atoms. The Labute approximate surface area is 97.9 Å². The lowest BCUT2D eigenvalue weighted by Gasteiger charge is -2.12. The van der Waals surface area contributed by atoms with E-state index in [2.05, 4.69) is 15.4 Å². The van der Waals surface area contributed by atoms with Crippen molar-refractivity contribution in [3.63, 3.8) is 0 Å². The Morgan fingerprint density at radius 2 is 2.50 bits per heavy atom. The van der Waals surface area contributed by atoms with Crippen LogP contribution in [0.5, 0.6) is 5.88 Å². The van der Waals surface area contributed by atoms with Crippen LogP contribution < -0.4 is 16.0 Å². The normalized spacial score (nSPS) is 19.8. The van der Waals surface area contributed by atoms with Crippen molar-refractivity contribution in [2.75, 3.05) is 24.9 Å². The van der Waals surface area contributed by atoms with E-state index in [9.17, 15) is 0 Å². The molecule has 1 saturated heterocycles. The van der Waals surface area contributed by atoms with Crippen molar-refractivity contribution >= 4 is 17.6 Å². The molecule has 6 nitrogen and oxygen atoms in total. The highest BCUT2D eigenvalue weighted by molar-refractivity contribution is 7.98. The minimum Gasteiger partial charge on any atom is -0.472 e. The first-order valence-electron chi connectivity index (χ1n) is 4.96. The minimum absolute atomic E-state index is 0.0789. The molecule has 0 aromatic carbocycles. The molecule has 1 unspecified atom stereocenters. The van der Waals surface area contributed by atoms with E-state index in [0.29, 0.717) is 23.5 Å². The SMILES string of the molecule is CSc1nc(NN)cc(OC2CCOC2)n1. The fraction of sp³-hybridized carbons (Fsp3) is 0.556. The van der Waals surface area contributed by atoms with Crippen molar-refractivity contribution in [1.82, 2.24) is 9.97 Å². The van der Waals surface area contributed by atoms with Crippen LogP contribution in [0.1, 0.15) is 6.42 Å². The van der Waals surface area contributed by atoms with Gasteiger partial charge in [0.25, 0.3) is 0 Å². The first-order chi connectivity index (χ1) is 7.81. The van der Waals surface area contributed by atoms with Gasteiger partial charge in [0.05, 0.1) is 13.2 Å². The minimum atomic E-state index is 0.0789. The summed E-state index contributed by atoms with van der Waals surface area (Å²) in [5.41, 5.74) is 2.49. The molecule has 1 aliphatic rings. The maximum atomic E-state index is 5.68. The summed E-state index contributed by atoms with van der Waals surface area (Å²) >= 11 is 1.44. The first-order valence-corrected chi connectivity index (χ1v) is 6.18. The van der Waals surface area contributed by atoms with Gasteiger partial charge in [-0.05, 0) is 6.26 Å². The second-order valence-electron chi connectivity index (χ2n) is 3.33. The highest BCUT2D eigenvalue weighted by Gasteiger charge is 2.18. The summed E-state index contributed by atoms with van der Waals surface area (Å²) in [6.45, 7) is 1.36. The summed E-state index contributed by atoms with van der Waals surface area (Å²) in [4.78, 5) is 8.39. The predicted molar refractivity (Wildman–Crippen MR) is 61.5 cm³/mol. The molecule has 3 N–H and O–H groups in total. The molecule has 1 atom stereocenters. The van der Waals surface area contributed by atoms with Crippen LogP contribution in [-0.2, 0) is 4.74 Å². The lowest BCUT2D eigenvalue weighted by molar-refractivity contribution is 0.137. The van der Waals surface area contributed by atoms with Gasteiger partial charge in [-0.2, -0.15) is 4.98 Å². The largest absolute Gasteiger partial charge is 0.472 e. The van der Waals surface area contributed by atoms with E-state index >= 15 is 0 Å². The predicted octanol–water partition coefficient (Wildman–Crippen LogP) is 0.652. The third kappa shape index (κ3) is 2.75. The molecule has 1 aromatic rings. The molecule has 88 valence electrons. The molecule has 1 fully saturated rings. The molecule has 0 saturated carbocycles. The Kier molecular flexibility index (Phi) is 3.81. The van der Waals surface area contributed by atoms with Crippen LogP contribution in [0.15, 0.2) is 11.2 Å². The highest BCUT2D eigenvalue weighted by Crippen LogP contribution is 2.20.